The first-order valence-electron chi connectivity index (χ1n) is 4.28. The average Bonchev–Trinajstić information content (AvgIpc) is 2.16. The minimum Gasteiger partial charge on any atom is -0.495 e. The molecule has 1 aromatic carbocycles. The van der Waals surface area contributed by atoms with Crippen LogP contribution < -0.4 is 4.74 Å². The summed E-state index contributed by atoms with van der Waals surface area (Å²) in [5.41, 5.74) is 0.382. The predicted molar refractivity (Wildman–Crippen MR) is 55.2 cm³/mol. The number of carbonyl (C=O) groups is 1. The van der Waals surface area contributed by atoms with Crippen LogP contribution in [0.5, 0.6) is 5.75 Å². The van der Waals surface area contributed by atoms with Crippen molar-refractivity contribution < 1.29 is 19.7 Å². The van der Waals surface area contributed by atoms with E-state index in [2.05, 4.69) is 0 Å². The summed E-state index contributed by atoms with van der Waals surface area (Å²) in [6.07, 6.45) is -1.49. The Hall–Kier alpha value is -1.26. The molecule has 82 valence electrons. The molecule has 0 saturated carbocycles. The number of benzene rings is 1. The Morgan fingerprint density at radius 1 is 1.60 bits per heavy atom. The number of halogens is 1. The largest absolute Gasteiger partial charge is 0.495 e. The summed E-state index contributed by atoms with van der Waals surface area (Å²) in [4.78, 5) is 10.4. The van der Waals surface area contributed by atoms with E-state index in [-0.39, 0.29) is 6.42 Å². The van der Waals surface area contributed by atoms with Gasteiger partial charge in [0.05, 0.1) is 24.7 Å². The lowest BCUT2D eigenvalue weighted by atomic mass is 10.1. The fourth-order valence-corrected chi connectivity index (χ4v) is 1.54. The van der Waals surface area contributed by atoms with Gasteiger partial charge in [0, 0.05) is 5.56 Å². The van der Waals surface area contributed by atoms with Gasteiger partial charge in [-0.2, -0.15) is 0 Å². The first-order chi connectivity index (χ1) is 7.06. The third-order valence-corrected chi connectivity index (χ3v) is 2.23. The molecule has 1 aromatic rings. The zero-order valence-electron chi connectivity index (χ0n) is 8.11. The lowest BCUT2D eigenvalue weighted by Crippen LogP contribution is -2.07. The van der Waals surface area contributed by atoms with Gasteiger partial charge < -0.3 is 14.9 Å². The number of ether oxygens (including phenoxy) is 1. The second-order valence-corrected chi connectivity index (χ2v) is 3.38. The van der Waals surface area contributed by atoms with Crippen LogP contribution in [-0.4, -0.2) is 23.3 Å². The molecule has 4 nitrogen and oxygen atoms in total. The number of rotatable bonds is 4. The molecule has 0 aliphatic heterocycles. The Morgan fingerprint density at radius 3 is 2.80 bits per heavy atom. The number of carboxylic acid groups (broad SMARTS) is 1. The molecule has 0 aliphatic carbocycles. The Morgan fingerprint density at radius 2 is 2.27 bits per heavy atom. The first-order valence-corrected chi connectivity index (χ1v) is 4.66. The molecular weight excluding hydrogens is 220 g/mol. The van der Waals surface area contributed by atoms with Crippen LogP contribution in [0.3, 0.4) is 0 Å². The van der Waals surface area contributed by atoms with Crippen LogP contribution in [0.1, 0.15) is 18.1 Å². The first kappa shape index (κ1) is 11.8. The van der Waals surface area contributed by atoms with Gasteiger partial charge in [0.1, 0.15) is 5.75 Å². The number of carboxylic acids is 1. The van der Waals surface area contributed by atoms with Crippen molar-refractivity contribution in [2.24, 2.45) is 0 Å². The molecule has 1 rings (SSSR count). The predicted octanol–water partition coefficient (Wildman–Crippen LogP) is 1.86. The summed E-state index contributed by atoms with van der Waals surface area (Å²) >= 11 is 5.83. The minimum atomic E-state index is -1.11. The normalized spacial score (nSPS) is 12.2. The third-order valence-electron chi connectivity index (χ3n) is 1.93. The maximum absolute atomic E-state index is 10.4. The van der Waals surface area contributed by atoms with Crippen molar-refractivity contribution in [3.8, 4) is 5.75 Å². The SMILES string of the molecule is COc1c(Cl)cccc1[C@H](O)CC(=O)O. The second-order valence-electron chi connectivity index (χ2n) is 2.98. The quantitative estimate of drug-likeness (QED) is 0.829. The molecule has 5 heteroatoms. The highest BCUT2D eigenvalue weighted by Gasteiger charge is 2.18. The third kappa shape index (κ3) is 2.84. The van der Waals surface area contributed by atoms with E-state index in [0.717, 1.165) is 0 Å². The summed E-state index contributed by atoms with van der Waals surface area (Å²) in [7, 11) is 1.41. The monoisotopic (exact) mass is 230 g/mol. The van der Waals surface area contributed by atoms with Crippen LogP contribution >= 0.6 is 11.6 Å². The molecule has 0 saturated heterocycles. The molecule has 2 N–H and O–H groups in total. The lowest BCUT2D eigenvalue weighted by molar-refractivity contribution is -0.139. The molecule has 0 aliphatic rings. The number of para-hydroxylation sites is 1. The Balaban J connectivity index is 3.02. The molecule has 0 heterocycles. The Labute approximate surface area is 92.1 Å². The molecule has 15 heavy (non-hydrogen) atoms. The van der Waals surface area contributed by atoms with E-state index in [9.17, 15) is 9.90 Å². The maximum Gasteiger partial charge on any atom is 0.306 e. The van der Waals surface area contributed by atoms with Gasteiger partial charge in [-0.25, -0.2) is 0 Å². The molecule has 1 atom stereocenters. The number of methoxy groups -OCH3 is 1. The summed E-state index contributed by atoms with van der Waals surface area (Å²) in [5, 5.41) is 18.5. The van der Waals surface area contributed by atoms with Gasteiger partial charge in [-0.3, -0.25) is 4.79 Å². The van der Waals surface area contributed by atoms with E-state index in [1.54, 1.807) is 18.2 Å². The highest BCUT2D eigenvalue weighted by Crippen LogP contribution is 2.33. The summed E-state index contributed by atoms with van der Waals surface area (Å²) in [6, 6.07) is 4.82. The molecule has 0 aromatic heterocycles. The van der Waals surface area contributed by atoms with Crippen LogP contribution in [-0.2, 0) is 4.79 Å². The zero-order chi connectivity index (χ0) is 11.4. The zero-order valence-corrected chi connectivity index (χ0v) is 8.86. The molecule has 0 radical (unpaired) electrons. The number of aliphatic hydroxyl groups is 1. The van der Waals surface area contributed by atoms with Gasteiger partial charge in [-0.1, -0.05) is 23.7 Å². The molecule has 0 unspecified atom stereocenters. The summed E-state index contributed by atoms with van der Waals surface area (Å²) in [6.45, 7) is 0. The fraction of sp³-hybridized carbons (Fsp3) is 0.300. The van der Waals surface area contributed by atoms with Crippen LogP contribution in [0, 0.1) is 0 Å². The number of hydrogen-bond acceptors (Lipinski definition) is 3. The highest BCUT2D eigenvalue weighted by atomic mass is 35.5. The molecule has 0 fully saturated rings. The van der Waals surface area contributed by atoms with Crippen LogP contribution in [0.15, 0.2) is 18.2 Å². The van der Waals surface area contributed by atoms with Gasteiger partial charge in [-0.15, -0.1) is 0 Å². The van der Waals surface area contributed by atoms with E-state index in [0.29, 0.717) is 16.3 Å². The second kappa shape index (κ2) is 5.00. The van der Waals surface area contributed by atoms with E-state index < -0.39 is 12.1 Å². The van der Waals surface area contributed by atoms with Gasteiger partial charge in [0.25, 0.3) is 0 Å². The molecule has 0 bridgehead atoms. The van der Waals surface area contributed by atoms with Crippen LogP contribution in [0.25, 0.3) is 0 Å². The van der Waals surface area contributed by atoms with Crippen molar-refractivity contribution in [3.05, 3.63) is 28.8 Å². The van der Waals surface area contributed by atoms with Crippen LogP contribution in [0.4, 0.5) is 0 Å². The highest BCUT2D eigenvalue weighted by molar-refractivity contribution is 6.32. The molecule has 0 amide bonds. The summed E-state index contributed by atoms with van der Waals surface area (Å²) in [5.74, 6) is -0.766. The Bertz CT molecular complexity index is 364. The smallest absolute Gasteiger partial charge is 0.306 e. The minimum absolute atomic E-state index is 0.313. The van der Waals surface area contributed by atoms with Crippen molar-refractivity contribution in [3.63, 3.8) is 0 Å². The Kier molecular flexibility index (Phi) is 3.94. The average molecular weight is 231 g/mol. The van der Waals surface area contributed by atoms with Gasteiger partial charge >= 0.3 is 5.97 Å². The maximum atomic E-state index is 10.4. The van der Waals surface area contributed by atoms with Crippen LogP contribution in [0.2, 0.25) is 5.02 Å². The van der Waals surface area contributed by atoms with Crippen molar-refractivity contribution in [2.45, 2.75) is 12.5 Å². The molecule has 0 spiro atoms. The van der Waals surface area contributed by atoms with E-state index in [4.69, 9.17) is 21.4 Å². The summed E-state index contributed by atoms with van der Waals surface area (Å²) < 4.78 is 4.99. The van der Waals surface area contributed by atoms with E-state index in [1.807, 2.05) is 0 Å². The fourth-order valence-electron chi connectivity index (χ4n) is 1.28. The number of aliphatic carboxylic acids is 1. The van der Waals surface area contributed by atoms with Crippen molar-refractivity contribution in [1.29, 1.82) is 0 Å². The van der Waals surface area contributed by atoms with Crippen molar-refractivity contribution in [1.82, 2.24) is 0 Å². The number of hydrogen-bond donors (Lipinski definition) is 2. The van der Waals surface area contributed by atoms with Gasteiger partial charge in [0.2, 0.25) is 0 Å². The van der Waals surface area contributed by atoms with Gasteiger partial charge in [-0.05, 0) is 6.07 Å². The number of aliphatic hydroxyl groups excluding tert-OH is 1. The van der Waals surface area contributed by atoms with E-state index in [1.165, 1.54) is 7.11 Å². The van der Waals surface area contributed by atoms with Crippen molar-refractivity contribution in [2.75, 3.05) is 7.11 Å². The van der Waals surface area contributed by atoms with E-state index >= 15 is 0 Å². The van der Waals surface area contributed by atoms with Crippen molar-refractivity contribution >= 4 is 17.6 Å². The standard InChI is InChI=1S/C10H11ClO4/c1-15-10-6(3-2-4-7(10)11)8(12)5-9(13)14/h2-4,8,12H,5H2,1H3,(H,13,14)/t8-/m1/s1. The van der Waals surface area contributed by atoms with Gasteiger partial charge in [0.15, 0.2) is 0 Å². The molecular formula is C10H11ClO4. The lowest BCUT2D eigenvalue weighted by Gasteiger charge is -2.13. The topological polar surface area (TPSA) is 66.8 Å².